The third kappa shape index (κ3) is 2.41. The molecule has 2 N–H and O–H groups in total. The summed E-state index contributed by atoms with van der Waals surface area (Å²) in [6.45, 7) is 2.61. The second-order valence-electron chi connectivity index (χ2n) is 6.17. The van der Waals surface area contributed by atoms with Crippen molar-refractivity contribution < 1.29 is 9.13 Å². The maximum atomic E-state index is 13.3. The molecule has 3 rings (SSSR count). The maximum absolute atomic E-state index is 13.3. The molecule has 0 aromatic heterocycles. The van der Waals surface area contributed by atoms with Gasteiger partial charge in [-0.05, 0) is 62.1 Å². The van der Waals surface area contributed by atoms with Gasteiger partial charge >= 0.3 is 0 Å². The Morgan fingerprint density at radius 1 is 1.42 bits per heavy atom. The molecular formula is C16H22FNO. The highest BCUT2D eigenvalue weighted by Gasteiger charge is 2.43. The van der Waals surface area contributed by atoms with E-state index in [0.29, 0.717) is 11.5 Å². The number of ether oxygens (including phenoxy) is 1. The topological polar surface area (TPSA) is 35.2 Å². The van der Waals surface area contributed by atoms with Gasteiger partial charge in [0.05, 0.1) is 5.60 Å². The molecule has 0 bridgehead atoms. The molecule has 1 heterocycles. The Kier molecular flexibility index (Phi) is 3.35. The summed E-state index contributed by atoms with van der Waals surface area (Å²) in [5.41, 5.74) is 8.27. The highest BCUT2D eigenvalue weighted by atomic mass is 19.1. The van der Waals surface area contributed by atoms with Gasteiger partial charge < -0.3 is 10.5 Å². The van der Waals surface area contributed by atoms with Crippen molar-refractivity contribution in [3.63, 3.8) is 0 Å². The highest BCUT2D eigenvalue weighted by Crippen LogP contribution is 2.46. The Morgan fingerprint density at radius 2 is 2.21 bits per heavy atom. The quantitative estimate of drug-likeness (QED) is 0.886. The van der Waals surface area contributed by atoms with Crippen molar-refractivity contribution in [3.05, 3.63) is 35.1 Å². The van der Waals surface area contributed by atoms with E-state index in [2.05, 4.69) is 0 Å². The Labute approximate surface area is 114 Å². The molecule has 1 aromatic carbocycles. The van der Waals surface area contributed by atoms with Gasteiger partial charge in [0.25, 0.3) is 0 Å². The van der Waals surface area contributed by atoms with Crippen LogP contribution in [0.2, 0.25) is 0 Å². The van der Waals surface area contributed by atoms with Crippen molar-refractivity contribution in [3.8, 4) is 0 Å². The predicted molar refractivity (Wildman–Crippen MR) is 73.3 cm³/mol. The molecule has 1 aliphatic carbocycles. The molecule has 1 aromatic rings. The smallest absolute Gasteiger partial charge is 0.126 e. The van der Waals surface area contributed by atoms with E-state index in [9.17, 15) is 4.39 Å². The predicted octanol–water partition coefficient (Wildman–Crippen LogP) is 3.48. The Hall–Kier alpha value is -0.930. The minimum absolute atomic E-state index is 0.000625. The molecule has 2 atom stereocenters. The molecule has 0 amide bonds. The first kappa shape index (κ1) is 13.1. The first-order chi connectivity index (χ1) is 9.10. The minimum atomic E-state index is -0.154. The molecule has 1 saturated carbocycles. The molecule has 1 spiro atoms. The lowest BCUT2D eigenvalue weighted by molar-refractivity contribution is -0.146. The lowest BCUT2D eigenvalue weighted by atomic mass is 9.70. The van der Waals surface area contributed by atoms with Crippen molar-refractivity contribution in [2.75, 3.05) is 6.61 Å². The third-order valence-corrected chi connectivity index (χ3v) is 4.87. The van der Waals surface area contributed by atoms with Crippen LogP contribution in [0, 0.1) is 18.7 Å². The lowest BCUT2D eigenvalue weighted by Gasteiger charge is -2.48. The summed E-state index contributed by atoms with van der Waals surface area (Å²) in [5.74, 6) is 0.303. The van der Waals surface area contributed by atoms with Crippen LogP contribution in [0.25, 0.3) is 0 Å². The fourth-order valence-corrected chi connectivity index (χ4v) is 3.44. The molecule has 104 valence electrons. The summed E-state index contributed by atoms with van der Waals surface area (Å²) in [6.07, 6.45) is 5.71. The van der Waals surface area contributed by atoms with E-state index in [1.54, 1.807) is 6.92 Å². The Bertz CT molecular complexity index is 470. The van der Waals surface area contributed by atoms with Crippen LogP contribution in [0.4, 0.5) is 4.39 Å². The number of rotatable bonds is 2. The molecule has 0 radical (unpaired) electrons. The number of halogens is 1. The standard InChI is InChI=1S/C16H22FNO/c1-11-9-12(3-4-14(11)17)15(18)13-5-8-19-16(10-13)6-2-7-16/h3-4,9,13,15H,2,5-8,10,18H2,1H3. The zero-order valence-electron chi connectivity index (χ0n) is 11.5. The maximum Gasteiger partial charge on any atom is 0.126 e. The molecule has 2 aliphatic rings. The van der Waals surface area contributed by atoms with E-state index in [4.69, 9.17) is 10.5 Å². The van der Waals surface area contributed by atoms with Crippen molar-refractivity contribution >= 4 is 0 Å². The van der Waals surface area contributed by atoms with Gasteiger partial charge in [0, 0.05) is 12.6 Å². The third-order valence-electron chi connectivity index (χ3n) is 4.87. The van der Waals surface area contributed by atoms with Crippen LogP contribution >= 0.6 is 0 Å². The number of nitrogens with two attached hydrogens (primary N) is 1. The average Bonchev–Trinajstić information content (AvgIpc) is 2.39. The van der Waals surface area contributed by atoms with Gasteiger partial charge in [0.2, 0.25) is 0 Å². The van der Waals surface area contributed by atoms with E-state index in [0.717, 1.165) is 25.0 Å². The van der Waals surface area contributed by atoms with Crippen LogP contribution in [-0.4, -0.2) is 12.2 Å². The normalized spacial score (nSPS) is 27.0. The van der Waals surface area contributed by atoms with Crippen molar-refractivity contribution in [1.29, 1.82) is 0 Å². The number of aryl methyl sites for hydroxylation is 1. The van der Waals surface area contributed by atoms with Crippen LogP contribution in [0.5, 0.6) is 0 Å². The van der Waals surface area contributed by atoms with Crippen molar-refractivity contribution in [1.82, 2.24) is 0 Å². The van der Waals surface area contributed by atoms with Gasteiger partial charge in [0.15, 0.2) is 0 Å². The van der Waals surface area contributed by atoms with Gasteiger partial charge in [-0.3, -0.25) is 0 Å². The minimum Gasteiger partial charge on any atom is -0.375 e. The summed E-state index contributed by atoms with van der Waals surface area (Å²) in [7, 11) is 0. The molecule has 3 heteroatoms. The summed E-state index contributed by atoms with van der Waals surface area (Å²) < 4.78 is 19.3. The molecule has 1 aliphatic heterocycles. The van der Waals surface area contributed by atoms with E-state index in [1.165, 1.54) is 25.3 Å². The average molecular weight is 263 g/mol. The molecular weight excluding hydrogens is 241 g/mol. The van der Waals surface area contributed by atoms with Gasteiger partial charge in [-0.2, -0.15) is 0 Å². The molecule has 1 saturated heterocycles. The Balaban J connectivity index is 1.75. The monoisotopic (exact) mass is 263 g/mol. The van der Waals surface area contributed by atoms with Gasteiger partial charge in [-0.25, -0.2) is 4.39 Å². The summed E-state index contributed by atoms with van der Waals surface area (Å²) in [4.78, 5) is 0. The van der Waals surface area contributed by atoms with E-state index in [1.807, 2.05) is 12.1 Å². The number of hydrogen-bond donors (Lipinski definition) is 1. The first-order valence-electron chi connectivity index (χ1n) is 7.25. The molecule has 2 nitrogen and oxygen atoms in total. The zero-order chi connectivity index (χ0) is 13.5. The van der Waals surface area contributed by atoms with Gasteiger partial charge in [0.1, 0.15) is 5.82 Å². The SMILES string of the molecule is Cc1cc(C(N)C2CCOC3(CCC3)C2)ccc1F. The number of hydrogen-bond acceptors (Lipinski definition) is 2. The van der Waals surface area contributed by atoms with Crippen LogP contribution in [0.3, 0.4) is 0 Å². The van der Waals surface area contributed by atoms with Crippen molar-refractivity contribution in [2.24, 2.45) is 11.7 Å². The van der Waals surface area contributed by atoms with E-state index >= 15 is 0 Å². The van der Waals surface area contributed by atoms with E-state index in [-0.39, 0.29) is 17.5 Å². The fourth-order valence-electron chi connectivity index (χ4n) is 3.44. The summed E-state index contributed by atoms with van der Waals surface area (Å²) in [5, 5.41) is 0. The largest absolute Gasteiger partial charge is 0.375 e. The first-order valence-corrected chi connectivity index (χ1v) is 7.25. The zero-order valence-corrected chi connectivity index (χ0v) is 11.5. The molecule has 2 fully saturated rings. The lowest BCUT2D eigenvalue weighted by Crippen LogP contribution is -2.47. The second kappa shape index (κ2) is 4.88. The fraction of sp³-hybridized carbons (Fsp3) is 0.625. The van der Waals surface area contributed by atoms with Gasteiger partial charge in [-0.15, -0.1) is 0 Å². The molecule has 2 unspecified atom stereocenters. The van der Waals surface area contributed by atoms with Crippen molar-refractivity contribution in [2.45, 2.75) is 50.7 Å². The summed E-state index contributed by atoms with van der Waals surface area (Å²) >= 11 is 0. The van der Waals surface area contributed by atoms with Crippen LogP contribution < -0.4 is 5.73 Å². The van der Waals surface area contributed by atoms with Crippen LogP contribution in [-0.2, 0) is 4.74 Å². The molecule has 19 heavy (non-hydrogen) atoms. The van der Waals surface area contributed by atoms with Gasteiger partial charge in [-0.1, -0.05) is 12.1 Å². The second-order valence-corrected chi connectivity index (χ2v) is 6.17. The van der Waals surface area contributed by atoms with E-state index < -0.39 is 0 Å². The highest BCUT2D eigenvalue weighted by molar-refractivity contribution is 5.27. The van der Waals surface area contributed by atoms with Crippen LogP contribution in [0.15, 0.2) is 18.2 Å². The van der Waals surface area contributed by atoms with Crippen LogP contribution in [0.1, 0.15) is 49.3 Å². The number of benzene rings is 1. The summed E-state index contributed by atoms with van der Waals surface area (Å²) in [6, 6.07) is 5.25. The Morgan fingerprint density at radius 3 is 2.84 bits per heavy atom.